The van der Waals surface area contributed by atoms with Gasteiger partial charge in [-0.25, -0.2) is 0 Å². The molecule has 1 aliphatic rings. The van der Waals surface area contributed by atoms with E-state index in [1.165, 1.54) is 12.8 Å². The second kappa shape index (κ2) is 3.15. The Morgan fingerprint density at radius 3 is 3.00 bits per heavy atom. The molecule has 1 aromatic rings. The lowest BCUT2D eigenvalue weighted by atomic mass is 10.1. The molecule has 0 amide bonds. The fourth-order valence-electron chi connectivity index (χ4n) is 1.40. The monoisotopic (exact) mass is 173 g/mol. The molecule has 3 heteroatoms. The number of pyridine rings is 1. The van der Waals surface area contributed by atoms with E-state index < -0.39 is 0 Å². The Kier molecular flexibility index (Phi) is 1.99. The van der Waals surface area contributed by atoms with Crippen LogP contribution in [0.2, 0.25) is 0 Å². The molecular formula is C10H11N3. The van der Waals surface area contributed by atoms with Gasteiger partial charge in [0.25, 0.3) is 0 Å². The van der Waals surface area contributed by atoms with E-state index >= 15 is 0 Å². The van der Waals surface area contributed by atoms with E-state index in [0.717, 1.165) is 5.69 Å². The molecule has 1 fully saturated rings. The number of hydrogen-bond donors (Lipinski definition) is 1. The Bertz CT molecular complexity index is 349. The zero-order valence-electron chi connectivity index (χ0n) is 7.27. The van der Waals surface area contributed by atoms with E-state index in [1.807, 2.05) is 0 Å². The van der Waals surface area contributed by atoms with Crippen LogP contribution in [0, 0.1) is 17.2 Å². The highest BCUT2D eigenvalue weighted by molar-refractivity contribution is 5.30. The summed E-state index contributed by atoms with van der Waals surface area (Å²) in [5.41, 5.74) is 7.44. The fourth-order valence-corrected chi connectivity index (χ4v) is 1.40. The summed E-state index contributed by atoms with van der Waals surface area (Å²) in [5, 5.41) is 8.68. The first kappa shape index (κ1) is 8.21. The molecule has 2 rings (SSSR count). The van der Waals surface area contributed by atoms with E-state index in [0.29, 0.717) is 11.5 Å². The van der Waals surface area contributed by atoms with Gasteiger partial charge in [-0.3, -0.25) is 4.98 Å². The molecule has 0 spiro atoms. The van der Waals surface area contributed by atoms with Crippen molar-refractivity contribution in [1.82, 2.24) is 4.98 Å². The van der Waals surface area contributed by atoms with E-state index in [-0.39, 0.29) is 6.04 Å². The average Bonchev–Trinajstić information content (AvgIpc) is 3.00. The molecule has 0 aliphatic heterocycles. The highest BCUT2D eigenvalue weighted by Crippen LogP contribution is 2.38. The van der Waals surface area contributed by atoms with Gasteiger partial charge in [0.2, 0.25) is 0 Å². The lowest BCUT2D eigenvalue weighted by Gasteiger charge is -2.08. The standard InChI is InChI=1S/C10H11N3/c11-6-7-3-4-13-9(5-7)10(12)8-1-2-8/h3-5,8,10H,1-2,12H2/t10-/m1/s1. The van der Waals surface area contributed by atoms with Crippen molar-refractivity contribution in [3.63, 3.8) is 0 Å². The molecule has 1 atom stereocenters. The Morgan fingerprint density at radius 1 is 1.62 bits per heavy atom. The van der Waals surface area contributed by atoms with Crippen LogP contribution in [0.4, 0.5) is 0 Å². The molecule has 13 heavy (non-hydrogen) atoms. The zero-order chi connectivity index (χ0) is 9.26. The van der Waals surface area contributed by atoms with Gasteiger partial charge in [-0.15, -0.1) is 0 Å². The summed E-state index contributed by atoms with van der Waals surface area (Å²) < 4.78 is 0. The van der Waals surface area contributed by atoms with Gasteiger partial charge < -0.3 is 5.73 Å². The number of hydrogen-bond acceptors (Lipinski definition) is 3. The number of aromatic nitrogens is 1. The summed E-state index contributed by atoms with van der Waals surface area (Å²) in [7, 11) is 0. The third-order valence-corrected chi connectivity index (χ3v) is 2.38. The van der Waals surface area contributed by atoms with Gasteiger partial charge in [0.15, 0.2) is 0 Å². The van der Waals surface area contributed by atoms with Crippen molar-refractivity contribution in [2.45, 2.75) is 18.9 Å². The number of nitrogens with two attached hydrogens (primary N) is 1. The maximum Gasteiger partial charge on any atom is 0.0992 e. The first-order valence-corrected chi connectivity index (χ1v) is 4.43. The van der Waals surface area contributed by atoms with Crippen LogP contribution in [0.25, 0.3) is 0 Å². The molecule has 3 nitrogen and oxygen atoms in total. The van der Waals surface area contributed by atoms with Crippen molar-refractivity contribution < 1.29 is 0 Å². The zero-order valence-corrected chi connectivity index (χ0v) is 7.27. The van der Waals surface area contributed by atoms with Gasteiger partial charge in [0, 0.05) is 12.2 Å². The lowest BCUT2D eigenvalue weighted by Crippen LogP contribution is -2.13. The fraction of sp³-hybridized carbons (Fsp3) is 0.400. The maximum absolute atomic E-state index is 8.68. The Labute approximate surface area is 77.2 Å². The highest BCUT2D eigenvalue weighted by Gasteiger charge is 2.30. The van der Waals surface area contributed by atoms with Crippen molar-refractivity contribution in [2.24, 2.45) is 11.7 Å². The first-order valence-electron chi connectivity index (χ1n) is 4.43. The SMILES string of the molecule is N#Cc1ccnc([C@H](N)C2CC2)c1. The minimum atomic E-state index is 0.0216. The van der Waals surface area contributed by atoms with Crippen LogP contribution < -0.4 is 5.73 Å². The number of nitrogens with zero attached hydrogens (tertiary/aromatic N) is 2. The smallest absolute Gasteiger partial charge is 0.0992 e. The molecule has 66 valence electrons. The lowest BCUT2D eigenvalue weighted by molar-refractivity contribution is 0.614. The molecule has 0 aromatic carbocycles. The largest absolute Gasteiger partial charge is 0.322 e. The second-order valence-corrected chi connectivity index (χ2v) is 3.44. The summed E-state index contributed by atoms with van der Waals surface area (Å²) in [6.07, 6.45) is 4.04. The molecule has 1 heterocycles. The summed E-state index contributed by atoms with van der Waals surface area (Å²) in [6.45, 7) is 0. The molecule has 0 bridgehead atoms. The van der Waals surface area contributed by atoms with Crippen molar-refractivity contribution in [3.05, 3.63) is 29.6 Å². The van der Waals surface area contributed by atoms with Crippen LogP contribution in [-0.2, 0) is 0 Å². The molecule has 1 aromatic heterocycles. The summed E-state index contributed by atoms with van der Waals surface area (Å²) in [4.78, 5) is 4.17. The van der Waals surface area contributed by atoms with E-state index in [1.54, 1.807) is 18.3 Å². The molecule has 0 unspecified atom stereocenters. The van der Waals surface area contributed by atoms with Crippen molar-refractivity contribution in [3.8, 4) is 6.07 Å². The van der Waals surface area contributed by atoms with Gasteiger partial charge in [0.1, 0.15) is 0 Å². The van der Waals surface area contributed by atoms with Gasteiger partial charge in [-0.05, 0) is 30.9 Å². The quantitative estimate of drug-likeness (QED) is 0.734. The predicted octanol–water partition coefficient (Wildman–Crippen LogP) is 1.36. The van der Waals surface area contributed by atoms with Crippen LogP contribution in [0.5, 0.6) is 0 Å². The van der Waals surface area contributed by atoms with E-state index in [2.05, 4.69) is 11.1 Å². The summed E-state index contributed by atoms with van der Waals surface area (Å²) in [5.74, 6) is 0.585. The summed E-state index contributed by atoms with van der Waals surface area (Å²) >= 11 is 0. The van der Waals surface area contributed by atoms with E-state index in [9.17, 15) is 0 Å². The van der Waals surface area contributed by atoms with Gasteiger partial charge in [-0.1, -0.05) is 0 Å². The van der Waals surface area contributed by atoms with Gasteiger partial charge >= 0.3 is 0 Å². The van der Waals surface area contributed by atoms with Gasteiger partial charge in [0.05, 0.1) is 17.3 Å². The predicted molar refractivity (Wildman–Crippen MR) is 48.6 cm³/mol. The van der Waals surface area contributed by atoms with Crippen LogP contribution in [0.3, 0.4) is 0 Å². The third-order valence-electron chi connectivity index (χ3n) is 2.38. The Hall–Kier alpha value is -1.40. The minimum absolute atomic E-state index is 0.0216. The van der Waals surface area contributed by atoms with Crippen LogP contribution in [0.1, 0.15) is 30.1 Å². The first-order chi connectivity index (χ1) is 6.31. The summed E-state index contributed by atoms with van der Waals surface area (Å²) in [6, 6.07) is 5.59. The van der Waals surface area contributed by atoms with Crippen LogP contribution in [0.15, 0.2) is 18.3 Å². The van der Waals surface area contributed by atoms with Crippen molar-refractivity contribution in [2.75, 3.05) is 0 Å². The molecule has 1 saturated carbocycles. The molecule has 2 N–H and O–H groups in total. The Balaban J connectivity index is 2.24. The Morgan fingerprint density at radius 2 is 2.38 bits per heavy atom. The number of nitriles is 1. The minimum Gasteiger partial charge on any atom is -0.322 e. The molecular weight excluding hydrogens is 162 g/mol. The normalized spacial score (nSPS) is 17.8. The van der Waals surface area contributed by atoms with Crippen molar-refractivity contribution >= 4 is 0 Å². The number of rotatable bonds is 2. The van der Waals surface area contributed by atoms with E-state index in [4.69, 9.17) is 11.0 Å². The van der Waals surface area contributed by atoms with Crippen LogP contribution >= 0.6 is 0 Å². The highest BCUT2D eigenvalue weighted by atomic mass is 14.8. The van der Waals surface area contributed by atoms with Crippen molar-refractivity contribution in [1.29, 1.82) is 5.26 Å². The topological polar surface area (TPSA) is 62.7 Å². The molecule has 1 aliphatic carbocycles. The average molecular weight is 173 g/mol. The van der Waals surface area contributed by atoms with Crippen LogP contribution in [-0.4, -0.2) is 4.98 Å². The third kappa shape index (κ3) is 1.68. The molecule has 0 saturated heterocycles. The second-order valence-electron chi connectivity index (χ2n) is 3.44. The van der Waals surface area contributed by atoms with Gasteiger partial charge in [-0.2, -0.15) is 5.26 Å². The molecule has 0 radical (unpaired) electrons. The maximum atomic E-state index is 8.68.